The van der Waals surface area contributed by atoms with Crippen molar-refractivity contribution >= 4 is 0 Å². The Morgan fingerprint density at radius 2 is 2.04 bits per heavy atom. The Morgan fingerprint density at radius 3 is 2.72 bits per heavy atom. The van der Waals surface area contributed by atoms with Gasteiger partial charge in [0, 0.05) is 32.7 Å². The van der Waals surface area contributed by atoms with Gasteiger partial charge in [-0.25, -0.2) is 0 Å². The summed E-state index contributed by atoms with van der Waals surface area (Å²) in [6.07, 6.45) is 0.482. The molecule has 1 N–H and O–H groups in total. The molecule has 25 heavy (non-hydrogen) atoms. The van der Waals surface area contributed by atoms with E-state index in [9.17, 15) is 5.11 Å². The minimum absolute atomic E-state index is 0.554. The van der Waals surface area contributed by atoms with Crippen LogP contribution in [-0.2, 0) is 19.6 Å². The van der Waals surface area contributed by atoms with E-state index in [1.807, 2.05) is 54.0 Å². The first-order valence-corrected chi connectivity index (χ1v) is 8.66. The zero-order chi connectivity index (χ0) is 17.8. The van der Waals surface area contributed by atoms with E-state index in [-0.39, 0.29) is 0 Å². The van der Waals surface area contributed by atoms with Crippen LogP contribution in [0.3, 0.4) is 0 Å². The SMILES string of the molecule is CN(C)C[C@H](O)c1cc2n(n1)CCCN(Cc1ccc(C#N)cc1)C2. The van der Waals surface area contributed by atoms with Crippen LogP contribution >= 0.6 is 0 Å². The van der Waals surface area contributed by atoms with Gasteiger partial charge in [-0.05, 0) is 44.3 Å². The molecular weight excluding hydrogens is 314 g/mol. The highest BCUT2D eigenvalue weighted by Crippen LogP contribution is 2.20. The van der Waals surface area contributed by atoms with Crippen LogP contribution in [-0.4, -0.2) is 51.9 Å². The minimum atomic E-state index is -0.554. The quantitative estimate of drug-likeness (QED) is 0.899. The molecule has 0 saturated carbocycles. The van der Waals surface area contributed by atoms with Crippen molar-refractivity contribution in [2.24, 2.45) is 0 Å². The lowest BCUT2D eigenvalue weighted by atomic mass is 10.1. The number of aliphatic hydroxyl groups is 1. The van der Waals surface area contributed by atoms with Crippen LogP contribution in [0.1, 0.15) is 35.0 Å². The van der Waals surface area contributed by atoms with Crippen molar-refractivity contribution in [3.05, 3.63) is 52.8 Å². The molecule has 0 bridgehead atoms. The number of hydrogen-bond acceptors (Lipinski definition) is 5. The molecule has 0 saturated heterocycles. The average Bonchev–Trinajstić information content (AvgIpc) is 2.89. The highest BCUT2D eigenvalue weighted by atomic mass is 16.3. The second-order valence-corrected chi connectivity index (χ2v) is 6.93. The van der Waals surface area contributed by atoms with Gasteiger partial charge in [-0.1, -0.05) is 12.1 Å². The van der Waals surface area contributed by atoms with Crippen LogP contribution < -0.4 is 0 Å². The van der Waals surface area contributed by atoms with Gasteiger partial charge in [0.25, 0.3) is 0 Å². The number of nitriles is 1. The summed E-state index contributed by atoms with van der Waals surface area (Å²) < 4.78 is 2.03. The summed E-state index contributed by atoms with van der Waals surface area (Å²) in [6, 6.07) is 12.0. The number of benzene rings is 1. The van der Waals surface area contributed by atoms with Gasteiger partial charge in [-0.15, -0.1) is 0 Å². The number of likely N-dealkylation sites (N-methyl/N-ethyl adjacent to an activating group) is 1. The molecule has 6 nitrogen and oxygen atoms in total. The molecule has 6 heteroatoms. The first-order valence-electron chi connectivity index (χ1n) is 8.66. The summed E-state index contributed by atoms with van der Waals surface area (Å²) in [4.78, 5) is 4.36. The molecule has 0 spiro atoms. The lowest BCUT2D eigenvalue weighted by Crippen LogP contribution is -2.23. The molecule has 3 rings (SSSR count). The average molecular weight is 339 g/mol. The molecule has 0 radical (unpaired) electrons. The Hall–Kier alpha value is -2.20. The van der Waals surface area contributed by atoms with Gasteiger partial charge in [0.1, 0.15) is 6.10 Å². The third kappa shape index (κ3) is 4.45. The Morgan fingerprint density at radius 1 is 1.28 bits per heavy atom. The smallest absolute Gasteiger partial charge is 0.110 e. The zero-order valence-electron chi connectivity index (χ0n) is 14.9. The van der Waals surface area contributed by atoms with Crippen LogP contribution in [0.4, 0.5) is 0 Å². The highest BCUT2D eigenvalue weighted by Gasteiger charge is 2.20. The summed E-state index contributed by atoms with van der Waals surface area (Å²) in [5.74, 6) is 0. The number of aromatic nitrogens is 2. The van der Waals surface area contributed by atoms with Crippen LogP contribution in [0.5, 0.6) is 0 Å². The second kappa shape index (κ2) is 7.79. The lowest BCUT2D eigenvalue weighted by molar-refractivity contribution is 0.133. The van der Waals surface area contributed by atoms with Gasteiger partial charge >= 0.3 is 0 Å². The molecular formula is C19H25N5O. The number of fused-ring (bicyclic) bond motifs is 1. The fraction of sp³-hybridized carbons (Fsp3) is 0.474. The fourth-order valence-corrected chi connectivity index (χ4v) is 3.23. The standard InChI is InChI=1S/C19H25N5O/c1-22(2)14-19(25)18-10-17-13-23(8-3-9-24(17)21-18)12-16-6-4-15(11-20)5-7-16/h4-7,10,19,25H,3,8-9,12-14H2,1-2H3/t19-/m0/s1. The van der Waals surface area contributed by atoms with Crippen molar-refractivity contribution < 1.29 is 5.11 Å². The van der Waals surface area contributed by atoms with E-state index in [1.54, 1.807) is 0 Å². The van der Waals surface area contributed by atoms with E-state index >= 15 is 0 Å². The molecule has 0 unspecified atom stereocenters. The predicted octanol–water partition coefficient (Wildman–Crippen LogP) is 1.76. The van der Waals surface area contributed by atoms with Gasteiger partial charge < -0.3 is 10.0 Å². The molecule has 2 heterocycles. The van der Waals surface area contributed by atoms with E-state index in [0.717, 1.165) is 44.0 Å². The van der Waals surface area contributed by atoms with E-state index in [2.05, 4.69) is 16.1 Å². The summed E-state index contributed by atoms with van der Waals surface area (Å²) in [6.45, 7) is 4.15. The topological polar surface area (TPSA) is 68.3 Å². The molecule has 1 aromatic heterocycles. The van der Waals surface area contributed by atoms with Crippen molar-refractivity contribution in [3.63, 3.8) is 0 Å². The molecule has 0 fully saturated rings. The number of hydrogen-bond donors (Lipinski definition) is 1. The van der Waals surface area contributed by atoms with E-state index in [4.69, 9.17) is 5.26 Å². The lowest BCUT2D eigenvalue weighted by Gasteiger charge is -2.19. The fourth-order valence-electron chi connectivity index (χ4n) is 3.23. The van der Waals surface area contributed by atoms with Crippen LogP contribution in [0.2, 0.25) is 0 Å². The molecule has 0 amide bonds. The normalized spacial score (nSPS) is 16.3. The van der Waals surface area contributed by atoms with Crippen LogP contribution in [0.25, 0.3) is 0 Å². The number of nitrogens with zero attached hydrogens (tertiary/aromatic N) is 5. The molecule has 0 aliphatic carbocycles. The summed E-state index contributed by atoms with van der Waals surface area (Å²) in [5, 5.41) is 23.8. The second-order valence-electron chi connectivity index (χ2n) is 6.93. The number of aryl methyl sites for hydroxylation is 1. The minimum Gasteiger partial charge on any atom is -0.385 e. The first kappa shape index (κ1) is 17.6. The molecule has 1 atom stereocenters. The Labute approximate surface area is 148 Å². The molecule has 2 aromatic rings. The molecule has 1 aliphatic heterocycles. The van der Waals surface area contributed by atoms with E-state index in [0.29, 0.717) is 12.1 Å². The van der Waals surface area contributed by atoms with Crippen LogP contribution in [0, 0.1) is 11.3 Å². The van der Waals surface area contributed by atoms with Crippen molar-refractivity contribution in [2.75, 3.05) is 27.2 Å². The maximum Gasteiger partial charge on any atom is 0.110 e. The maximum absolute atomic E-state index is 10.3. The third-order valence-electron chi connectivity index (χ3n) is 4.48. The summed E-state index contributed by atoms with van der Waals surface area (Å²) in [5.41, 5.74) is 3.81. The number of aliphatic hydroxyl groups excluding tert-OH is 1. The Balaban J connectivity index is 1.69. The van der Waals surface area contributed by atoms with Gasteiger partial charge in [0.2, 0.25) is 0 Å². The van der Waals surface area contributed by atoms with Gasteiger partial charge in [0.05, 0.1) is 23.0 Å². The largest absolute Gasteiger partial charge is 0.385 e. The summed E-state index contributed by atoms with van der Waals surface area (Å²) in [7, 11) is 3.90. The Bertz CT molecular complexity index is 744. The van der Waals surface area contributed by atoms with Crippen molar-refractivity contribution in [1.29, 1.82) is 5.26 Å². The zero-order valence-corrected chi connectivity index (χ0v) is 14.9. The molecule has 132 valence electrons. The van der Waals surface area contributed by atoms with Crippen molar-refractivity contribution in [2.45, 2.75) is 32.2 Å². The number of rotatable bonds is 5. The first-order chi connectivity index (χ1) is 12.0. The third-order valence-corrected chi connectivity index (χ3v) is 4.48. The predicted molar refractivity (Wildman–Crippen MR) is 95.6 cm³/mol. The molecule has 1 aromatic carbocycles. The van der Waals surface area contributed by atoms with E-state index in [1.165, 1.54) is 5.56 Å². The van der Waals surface area contributed by atoms with Crippen LogP contribution in [0.15, 0.2) is 30.3 Å². The van der Waals surface area contributed by atoms with Crippen molar-refractivity contribution in [1.82, 2.24) is 19.6 Å². The molecule has 1 aliphatic rings. The van der Waals surface area contributed by atoms with E-state index < -0.39 is 6.10 Å². The summed E-state index contributed by atoms with van der Waals surface area (Å²) >= 11 is 0. The monoisotopic (exact) mass is 339 g/mol. The van der Waals surface area contributed by atoms with Gasteiger partial charge in [-0.2, -0.15) is 10.4 Å². The van der Waals surface area contributed by atoms with Gasteiger partial charge in [0.15, 0.2) is 0 Å². The Kier molecular flexibility index (Phi) is 5.49. The maximum atomic E-state index is 10.3. The highest BCUT2D eigenvalue weighted by molar-refractivity contribution is 5.31. The van der Waals surface area contributed by atoms with Crippen molar-refractivity contribution in [3.8, 4) is 6.07 Å². The van der Waals surface area contributed by atoms with Gasteiger partial charge in [-0.3, -0.25) is 9.58 Å².